The number of aromatic carboxylic acids is 1. The van der Waals surface area contributed by atoms with Gasteiger partial charge in [0.15, 0.2) is 5.69 Å². The number of carboxylic acids is 1. The summed E-state index contributed by atoms with van der Waals surface area (Å²) in [5.74, 6) is -1.04. The zero-order valence-electron chi connectivity index (χ0n) is 12.0. The highest BCUT2D eigenvalue weighted by Crippen LogP contribution is 2.27. The van der Waals surface area contributed by atoms with Gasteiger partial charge in [-0.25, -0.2) is 14.6 Å². The molecule has 0 unspecified atom stereocenters. The molecule has 3 rings (SSSR count). The number of nitrogens with one attached hydrogen (secondary N) is 1. The van der Waals surface area contributed by atoms with Crippen LogP contribution >= 0.6 is 11.3 Å². The first-order valence-corrected chi connectivity index (χ1v) is 7.71. The summed E-state index contributed by atoms with van der Waals surface area (Å²) in [6, 6.07) is 7.64. The van der Waals surface area contributed by atoms with Gasteiger partial charge in [-0.1, -0.05) is 18.2 Å². The van der Waals surface area contributed by atoms with Crippen LogP contribution in [0.15, 0.2) is 24.3 Å². The second-order valence-corrected chi connectivity index (χ2v) is 6.29. The molecule has 1 aliphatic rings. The number of carboxylic acid groups (broad SMARTS) is 1. The van der Waals surface area contributed by atoms with E-state index in [0.29, 0.717) is 16.4 Å². The number of benzene rings is 1. The zero-order valence-corrected chi connectivity index (χ0v) is 12.8. The van der Waals surface area contributed by atoms with Gasteiger partial charge in [-0.15, -0.1) is 11.3 Å². The van der Waals surface area contributed by atoms with E-state index in [9.17, 15) is 9.59 Å². The van der Waals surface area contributed by atoms with E-state index in [2.05, 4.69) is 10.3 Å². The Labute approximate surface area is 131 Å². The molecule has 1 aromatic heterocycles. The number of carbonyl (C=O) groups is 2. The smallest absolute Gasteiger partial charge is 0.355 e. The molecule has 7 heteroatoms. The average molecular weight is 317 g/mol. The zero-order chi connectivity index (χ0) is 15.7. The number of hydrogen-bond donors (Lipinski definition) is 2. The fourth-order valence-electron chi connectivity index (χ4n) is 2.52. The summed E-state index contributed by atoms with van der Waals surface area (Å²) in [5.41, 5.74) is 2.15. The lowest BCUT2D eigenvalue weighted by Crippen LogP contribution is -2.38. The number of hydrogen-bond acceptors (Lipinski definition) is 4. The molecule has 2 N–H and O–H groups in total. The predicted molar refractivity (Wildman–Crippen MR) is 83.5 cm³/mol. The second kappa shape index (κ2) is 5.76. The number of rotatable bonds is 3. The minimum Gasteiger partial charge on any atom is -0.476 e. The average Bonchev–Trinajstić information content (AvgIpc) is 3.08. The van der Waals surface area contributed by atoms with Gasteiger partial charge >= 0.3 is 12.0 Å². The highest BCUT2D eigenvalue weighted by atomic mass is 32.1. The summed E-state index contributed by atoms with van der Waals surface area (Å²) < 4.78 is 0. The third kappa shape index (κ3) is 2.67. The lowest BCUT2D eigenvalue weighted by Gasteiger charge is -2.17. The van der Waals surface area contributed by atoms with E-state index in [1.165, 1.54) is 11.3 Å². The van der Waals surface area contributed by atoms with Crippen LogP contribution < -0.4 is 10.2 Å². The monoisotopic (exact) mass is 317 g/mol. The van der Waals surface area contributed by atoms with Crippen LogP contribution in [-0.4, -0.2) is 28.6 Å². The number of amides is 2. The molecule has 2 amide bonds. The molecule has 0 saturated carbocycles. The fourth-order valence-corrected chi connectivity index (χ4v) is 3.39. The number of nitrogens with zero attached hydrogens (tertiary/aromatic N) is 2. The standard InChI is InChI=1S/C15H15N3O3S/c1-9-13(14(19)20)17-12(22-9)8-16-15(21)18-7-6-10-4-2-3-5-11(10)18/h2-5H,6-8H2,1H3,(H,16,21)(H,19,20). The number of thiazole rings is 1. The van der Waals surface area contributed by atoms with Crippen LogP contribution in [0.25, 0.3) is 0 Å². The highest BCUT2D eigenvalue weighted by molar-refractivity contribution is 7.11. The molecule has 114 valence electrons. The molecule has 0 aliphatic carbocycles. The van der Waals surface area contributed by atoms with Gasteiger partial charge in [0.05, 0.1) is 6.54 Å². The summed E-state index contributed by atoms with van der Waals surface area (Å²) in [5, 5.41) is 12.4. The molecule has 0 spiro atoms. The predicted octanol–water partition coefficient (Wildman–Crippen LogP) is 2.42. The third-order valence-electron chi connectivity index (χ3n) is 3.57. The SMILES string of the molecule is Cc1sc(CNC(=O)N2CCc3ccccc32)nc1C(=O)O. The molecular formula is C15H15N3O3S. The van der Waals surface area contributed by atoms with Crippen LogP contribution in [0.3, 0.4) is 0 Å². The number of aryl methyl sites for hydroxylation is 1. The summed E-state index contributed by atoms with van der Waals surface area (Å²) in [6.07, 6.45) is 0.850. The molecular weight excluding hydrogens is 302 g/mol. The Bertz CT molecular complexity index is 741. The maximum absolute atomic E-state index is 12.3. The molecule has 1 aromatic carbocycles. The van der Waals surface area contributed by atoms with E-state index in [1.54, 1.807) is 11.8 Å². The first kappa shape index (κ1) is 14.5. The molecule has 2 heterocycles. The van der Waals surface area contributed by atoms with Gasteiger partial charge in [-0.3, -0.25) is 4.90 Å². The Morgan fingerprint density at radius 3 is 2.91 bits per heavy atom. The maximum atomic E-state index is 12.3. The lowest BCUT2D eigenvalue weighted by molar-refractivity contribution is 0.0690. The van der Waals surface area contributed by atoms with Crippen LogP contribution in [0.1, 0.15) is 25.9 Å². The van der Waals surface area contributed by atoms with Crippen molar-refractivity contribution in [2.75, 3.05) is 11.4 Å². The van der Waals surface area contributed by atoms with Crippen LogP contribution in [0.5, 0.6) is 0 Å². The first-order chi connectivity index (χ1) is 10.6. The van der Waals surface area contributed by atoms with Crippen molar-refractivity contribution in [3.05, 3.63) is 45.4 Å². The first-order valence-electron chi connectivity index (χ1n) is 6.89. The largest absolute Gasteiger partial charge is 0.476 e. The molecule has 22 heavy (non-hydrogen) atoms. The number of para-hydroxylation sites is 1. The summed E-state index contributed by atoms with van der Waals surface area (Å²) >= 11 is 1.29. The van der Waals surface area contributed by atoms with Gasteiger partial charge in [0.25, 0.3) is 0 Å². The molecule has 2 aromatic rings. The summed E-state index contributed by atoms with van der Waals surface area (Å²) in [6.45, 7) is 2.60. The fraction of sp³-hybridized carbons (Fsp3) is 0.267. The van der Waals surface area contributed by atoms with Gasteiger partial charge < -0.3 is 10.4 Å². The number of urea groups is 1. The van der Waals surface area contributed by atoms with Gasteiger partial charge in [-0.05, 0) is 25.0 Å². The Kier molecular flexibility index (Phi) is 3.81. The van der Waals surface area contributed by atoms with E-state index < -0.39 is 5.97 Å². The van der Waals surface area contributed by atoms with Gasteiger partial charge in [0, 0.05) is 17.1 Å². The van der Waals surface area contributed by atoms with Crippen LogP contribution in [0, 0.1) is 6.92 Å². The summed E-state index contributed by atoms with van der Waals surface area (Å²) in [4.78, 5) is 29.6. The van der Waals surface area contributed by atoms with E-state index in [0.717, 1.165) is 17.7 Å². The number of anilines is 1. The molecule has 0 atom stereocenters. The minimum atomic E-state index is -1.04. The van der Waals surface area contributed by atoms with E-state index in [4.69, 9.17) is 5.11 Å². The Morgan fingerprint density at radius 1 is 1.41 bits per heavy atom. The molecule has 6 nitrogen and oxygen atoms in total. The van der Waals surface area contributed by atoms with Crippen molar-refractivity contribution < 1.29 is 14.7 Å². The summed E-state index contributed by atoms with van der Waals surface area (Å²) in [7, 11) is 0. The highest BCUT2D eigenvalue weighted by Gasteiger charge is 2.24. The Balaban J connectivity index is 1.66. The van der Waals surface area contributed by atoms with E-state index in [1.807, 2.05) is 24.3 Å². The molecule has 1 aliphatic heterocycles. The van der Waals surface area contributed by atoms with Crippen LogP contribution in [0.4, 0.5) is 10.5 Å². The Morgan fingerprint density at radius 2 is 2.18 bits per heavy atom. The number of aromatic nitrogens is 1. The van der Waals surface area contributed by atoms with Gasteiger partial charge in [-0.2, -0.15) is 0 Å². The van der Waals surface area contributed by atoms with Gasteiger partial charge in [0.2, 0.25) is 0 Å². The van der Waals surface area contributed by atoms with Crippen LogP contribution in [-0.2, 0) is 13.0 Å². The van der Waals surface area contributed by atoms with Gasteiger partial charge in [0.1, 0.15) is 5.01 Å². The number of fused-ring (bicyclic) bond motifs is 1. The second-order valence-electron chi connectivity index (χ2n) is 5.01. The van der Waals surface area contributed by atoms with Crippen molar-refractivity contribution >= 4 is 29.0 Å². The molecule has 0 saturated heterocycles. The normalized spacial score (nSPS) is 13.0. The Hall–Kier alpha value is -2.41. The van der Waals surface area contributed by atoms with Crippen molar-refractivity contribution in [2.24, 2.45) is 0 Å². The van der Waals surface area contributed by atoms with E-state index >= 15 is 0 Å². The van der Waals surface area contributed by atoms with Crippen LogP contribution in [0.2, 0.25) is 0 Å². The topological polar surface area (TPSA) is 82.5 Å². The number of carbonyl (C=O) groups excluding carboxylic acids is 1. The molecule has 0 fully saturated rings. The van der Waals surface area contributed by atoms with Crippen molar-refractivity contribution in [3.8, 4) is 0 Å². The molecule has 0 bridgehead atoms. The lowest BCUT2D eigenvalue weighted by atomic mass is 10.2. The maximum Gasteiger partial charge on any atom is 0.355 e. The van der Waals surface area contributed by atoms with Crippen molar-refractivity contribution in [3.63, 3.8) is 0 Å². The molecule has 0 radical (unpaired) electrons. The minimum absolute atomic E-state index is 0.0563. The van der Waals surface area contributed by atoms with E-state index in [-0.39, 0.29) is 18.3 Å². The van der Waals surface area contributed by atoms with Crippen molar-refractivity contribution in [1.82, 2.24) is 10.3 Å². The van der Waals surface area contributed by atoms with Crippen molar-refractivity contribution in [2.45, 2.75) is 19.9 Å². The quantitative estimate of drug-likeness (QED) is 0.911. The third-order valence-corrected chi connectivity index (χ3v) is 4.54. The van der Waals surface area contributed by atoms with Crippen molar-refractivity contribution in [1.29, 1.82) is 0 Å².